The summed E-state index contributed by atoms with van der Waals surface area (Å²) in [5.74, 6) is 1.00. The van der Waals surface area contributed by atoms with Gasteiger partial charge in [-0.25, -0.2) is 0 Å². The molecule has 0 bridgehead atoms. The van der Waals surface area contributed by atoms with Crippen molar-refractivity contribution in [1.29, 1.82) is 0 Å². The number of carbonyl (C=O) groups is 2. The van der Waals surface area contributed by atoms with E-state index in [1.54, 1.807) is 13.0 Å². The lowest BCUT2D eigenvalue weighted by molar-refractivity contribution is -0.127. The molecule has 1 aliphatic heterocycles. The van der Waals surface area contributed by atoms with Crippen molar-refractivity contribution in [2.24, 2.45) is 0 Å². The number of hydrogen-bond donors (Lipinski definition) is 2. The highest BCUT2D eigenvalue weighted by molar-refractivity contribution is 5.91. The lowest BCUT2D eigenvalue weighted by Gasteiger charge is -2.37. The van der Waals surface area contributed by atoms with Crippen LogP contribution in [-0.2, 0) is 16.1 Å². The summed E-state index contributed by atoms with van der Waals surface area (Å²) in [6, 6.07) is 11.4. The van der Waals surface area contributed by atoms with Crippen molar-refractivity contribution in [3.63, 3.8) is 0 Å². The zero-order valence-corrected chi connectivity index (χ0v) is 16.4. The standard InChI is InChI=1S/C20H27N5O3/c1-15-12-18(23-28-15)22-19(26)14-24-8-10-25(11-9-24)16(2)20(27)21-13-17-6-4-3-5-7-17/h3-7,12,16H,8-11,13-14H2,1-2H3,(H,21,27)(H,22,23,26). The molecule has 3 rings (SSSR count). The maximum Gasteiger partial charge on any atom is 0.239 e. The van der Waals surface area contributed by atoms with Crippen LogP contribution < -0.4 is 10.6 Å². The number of nitrogens with zero attached hydrogens (tertiary/aromatic N) is 3. The fourth-order valence-electron chi connectivity index (χ4n) is 3.22. The second-order valence-corrected chi connectivity index (χ2v) is 7.06. The average Bonchev–Trinajstić information content (AvgIpc) is 3.11. The highest BCUT2D eigenvalue weighted by Crippen LogP contribution is 2.09. The third-order valence-electron chi connectivity index (χ3n) is 4.91. The molecule has 1 fully saturated rings. The number of nitrogens with one attached hydrogen (secondary N) is 2. The topological polar surface area (TPSA) is 90.7 Å². The van der Waals surface area contributed by atoms with E-state index in [0.29, 0.717) is 24.7 Å². The molecule has 0 saturated carbocycles. The van der Waals surface area contributed by atoms with Crippen LogP contribution in [0.5, 0.6) is 0 Å². The van der Waals surface area contributed by atoms with Gasteiger partial charge >= 0.3 is 0 Å². The minimum atomic E-state index is -0.196. The first-order chi connectivity index (χ1) is 13.5. The number of piperazine rings is 1. The zero-order valence-electron chi connectivity index (χ0n) is 16.4. The minimum absolute atomic E-state index is 0.0245. The van der Waals surface area contributed by atoms with Crippen LogP contribution >= 0.6 is 0 Å². The van der Waals surface area contributed by atoms with Gasteiger partial charge in [-0.05, 0) is 19.4 Å². The molecular weight excluding hydrogens is 358 g/mol. The van der Waals surface area contributed by atoms with Crippen molar-refractivity contribution >= 4 is 17.6 Å². The molecule has 8 heteroatoms. The summed E-state index contributed by atoms with van der Waals surface area (Å²) in [4.78, 5) is 28.8. The van der Waals surface area contributed by atoms with Crippen LogP contribution in [0.2, 0.25) is 0 Å². The number of amides is 2. The Hall–Kier alpha value is -2.71. The first-order valence-corrected chi connectivity index (χ1v) is 9.52. The van der Waals surface area contributed by atoms with Gasteiger partial charge in [0, 0.05) is 38.8 Å². The lowest BCUT2D eigenvalue weighted by atomic mass is 10.2. The molecule has 1 unspecified atom stereocenters. The maximum absolute atomic E-state index is 12.4. The number of aryl methyl sites for hydroxylation is 1. The molecule has 150 valence electrons. The Bertz CT molecular complexity index is 784. The van der Waals surface area contributed by atoms with Gasteiger partial charge in [0.1, 0.15) is 5.76 Å². The number of benzene rings is 1. The van der Waals surface area contributed by atoms with Crippen molar-refractivity contribution in [3.05, 3.63) is 47.7 Å². The molecular formula is C20H27N5O3. The molecule has 2 amide bonds. The Kier molecular flexibility index (Phi) is 6.78. The normalized spacial score (nSPS) is 16.5. The van der Waals surface area contributed by atoms with Gasteiger partial charge in [0.05, 0.1) is 12.6 Å². The predicted octanol–water partition coefficient (Wildman–Crippen LogP) is 1.24. The molecule has 0 aliphatic carbocycles. The summed E-state index contributed by atoms with van der Waals surface area (Å²) in [5.41, 5.74) is 1.08. The number of anilines is 1. The quantitative estimate of drug-likeness (QED) is 0.745. The van der Waals surface area contributed by atoms with Crippen LogP contribution in [0.25, 0.3) is 0 Å². The van der Waals surface area contributed by atoms with Crippen LogP contribution in [0.1, 0.15) is 18.2 Å². The van der Waals surface area contributed by atoms with Gasteiger partial charge in [-0.1, -0.05) is 35.5 Å². The van der Waals surface area contributed by atoms with Crippen LogP contribution in [0.15, 0.2) is 40.9 Å². The van der Waals surface area contributed by atoms with Crippen molar-refractivity contribution < 1.29 is 14.1 Å². The monoisotopic (exact) mass is 385 g/mol. The number of carbonyl (C=O) groups excluding carboxylic acids is 2. The third-order valence-corrected chi connectivity index (χ3v) is 4.91. The molecule has 2 heterocycles. The Balaban J connectivity index is 1.39. The summed E-state index contributed by atoms with van der Waals surface area (Å²) in [7, 11) is 0. The van der Waals surface area contributed by atoms with Crippen molar-refractivity contribution in [2.75, 3.05) is 38.0 Å². The summed E-state index contributed by atoms with van der Waals surface area (Å²) in [5, 5.41) is 9.49. The highest BCUT2D eigenvalue weighted by atomic mass is 16.5. The third kappa shape index (κ3) is 5.64. The molecule has 2 N–H and O–H groups in total. The molecule has 28 heavy (non-hydrogen) atoms. The van der Waals surface area contributed by atoms with E-state index >= 15 is 0 Å². The Labute approximate surface area is 164 Å². The van der Waals surface area contributed by atoms with Gasteiger partial charge in [-0.15, -0.1) is 0 Å². The Morgan fingerprint density at radius 2 is 1.89 bits per heavy atom. The van der Waals surface area contributed by atoms with E-state index in [2.05, 4.69) is 25.6 Å². The molecule has 1 atom stereocenters. The van der Waals surface area contributed by atoms with Gasteiger partial charge in [-0.2, -0.15) is 0 Å². The maximum atomic E-state index is 12.4. The summed E-state index contributed by atoms with van der Waals surface area (Å²) < 4.78 is 4.94. The van der Waals surface area contributed by atoms with E-state index in [4.69, 9.17) is 4.52 Å². The molecule has 1 aliphatic rings. The average molecular weight is 385 g/mol. The molecule has 1 aromatic heterocycles. The van der Waals surface area contributed by atoms with Crippen LogP contribution in [0.4, 0.5) is 5.82 Å². The second kappa shape index (κ2) is 9.48. The smallest absolute Gasteiger partial charge is 0.239 e. The number of rotatable bonds is 7. The van der Waals surface area contributed by atoms with E-state index in [9.17, 15) is 9.59 Å². The molecule has 0 radical (unpaired) electrons. The lowest BCUT2D eigenvalue weighted by Crippen LogP contribution is -2.54. The van der Waals surface area contributed by atoms with Crippen LogP contribution in [0, 0.1) is 6.92 Å². The van der Waals surface area contributed by atoms with E-state index in [1.807, 2.05) is 37.3 Å². The molecule has 8 nitrogen and oxygen atoms in total. The van der Waals surface area contributed by atoms with Gasteiger partial charge in [0.25, 0.3) is 0 Å². The van der Waals surface area contributed by atoms with Crippen LogP contribution in [-0.4, -0.2) is 65.5 Å². The fourth-order valence-corrected chi connectivity index (χ4v) is 3.22. The van der Waals surface area contributed by atoms with Crippen molar-refractivity contribution in [3.8, 4) is 0 Å². The van der Waals surface area contributed by atoms with Crippen molar-refractivity contribution in [2.45, 2.75) is 26.4 Å². The van der Waals surface area contributed by atoms with E-state index in [0.717, 1.165) is 31.7 Å². The van der Waals surface area contributed by atoms with E-state index in [1.165, 1.54) is 0 Å². The predicted molar refractivity (Wildman–Crippen MR) is 106 cm³/mol. The summed E-state index contributed by atoms with van der Waals surface area (Å²) >= 11 is 0. The first kappa shape index (κ1) is 20.0. The van der Waals surface area contributed by atoms with Crippen molar-refractivity contribution in [1.82, 2.24) is 20.3 Å². The highest BCUT2D eigenvalue weighted by Gasteiger charge is 2.26. The summed E-state index contributed by atoms with van der Waals surface area (Å²) in [6.45, 7) is 7.50. The van der Waals surface area contributed by atoms with Gasteiger partial charge < -0.3 is 15.2 Å². The minimum Gasteiger partial charge on any atom is -0.360 e. The number of hydrogen-bond acceptors (Lipinski definition) is 6. The summed E-state index contributed by atoms with van der Waals surface area (Å²) in [6.07, 6.45) is 0. The van der Waals surface area contributed by atoms with Crippen LogP contribution in [0.3, 0.4) is 0 Å². The van der Waals surface area contributed by atoms with E-state index in [-0.39, 0.29) is 17.9 Å². The first-order valence-electron chi connectivity index (χ1n) is 9.52. The molecule has 1 aromatic carbocycles. The van der Waals surface area contributed by atoms with E-state index < -0.39 is 0 Å². The van der Waals surface area contributed by atoms with Gasteiger partial charge in [-0.3, -0.25) is 19.4 Å². The second-order valence-electron chi connectivity index (χ2n) is 7.06. The molecule has 1 saturated heterocycles. The fraction of sp³-hybridized carbons (Fsp3) is 0.450. The zero-order chi connectivity index (χ0) is 19.9. The molecule has 0 spiro atoms. The van der Waals surface area contributed by atoms with Gasteiger partial charge in [0.15, 0.2) is 5.82 Å². The number of aromatic nitrogens is 1. The SMILES string of the molecule is Cc1cc(NC(=O)CN2CCN(C(C)C(=O)NCc3ccccc3)CC2)no1. The largest absolute Gasteiger partial charge is 0.360 e. The molecule has 2 aromatic rings. The Morgan fingerprint density at radius 1 is 1.18 bits per heavy atom. The Morgan fingerprint density at radius 3 is 2.54 bits per heavy atom. The van der Waals surface area contributed by atoms with Gasteiger partial charge in [0.2, 0.25) is 11.8 Å².